The Hall–Kier alpha value is -1.51. The van der Waals surface area contributed by atoms with Crippen molar-refractivity contribution in [3.8, 4) is 11.5 Å². The Morgan fingerprint density at radius 1 is 1.64 bits per heavy atom. The van der Waals surface area contributed by atoms with Gasteiger partial charge in [-0.3, -0.25) is 4.79 Å². The molecule has 0 aromatic heterocycles. The van der Waals surface area contributed by atoms with Gasteiger partial charge >= 0.3 is 0 Å². The van der Waals surface area contributed by atoms with Crippen molar-refractivity contribution >= 4 is 6.29 Å². The van der Waals surface area contributed by atoms with Crippen LogP contribution in [0.1, 0.15) is 18.1 Å². The molecule has 1 aliphatic rings. The smallest absolute Gasteiger partial charge is 0.160 e. The zero-order chi connectivity index (χ0) is 10.1. The summed E-state index contributed by atoms with van der Waals surface area (Å²) >= 11 is 0. The number of aldehydes is 1. The lowest BCUT2D eigenvalue weighted by atomic mass is 10.0. The molecular formula is C11H12O3. The molecule has 0 saturated carbocycles. The van der Waals surface area contributed by atoms with Crippen molar-refractivity contribution in [2.45, 2.75) is 25.9 Å². The van der Waals surface area contributed by atoms with Crippen LogP contribution < -0.4 is 4.74 Å². The molecule has 0 radical (unpaired) electrons. The first kappa shape index (κ1) is 9.06. The molecule has 1 unspecified atom stereocenters. The van der Waals surface area contributed by atoms with E-state index in [0.717, 1.165) is 29.6 Å². The second-order valence-corrected chi connectivity index (χ2v) is 3.39. The molecule has 0 bridgehead atoms. The average molecular weight is 192 g/mol. The molecule has 74 valence electrons. The van der Waals surface area contributed by atoms with E-state index in [1.54, 1.807) is 12.1 Å². The number of ether oxygens (including phenoxy) is 1. The molecule has 0 fully saturated rings. The van der Waals surface area contributed by atoms with Crippen LogP contribution in [0, 0.1) is 0 Å². The van der Waals surface area contributed by atoms with E-state index in [2.05, 4.69) is 0 Å². The van der Waals surface area contributed by atoms with Crippen LogP contribution in [0.4, 0.5) is 0 Å². The fourth-order valence-corrected chi connectivity index (χ4v) is 1.87. The molecular weight excluding hydrogens is 180 g/mol. The van der Waals surface area contributed by atoms with Crippen LogP contribution in [0.2, 0.25) is 0 Å². The first-order valence-corrected chi connectivity index (χ1v) is 4.72. The predicted octanol–water partition coefficient (Wildman–Crippen LogP) is 1.46. The summed E-state index contributed by atoms with van der Waals surface area (Å²) in [6, 6.07) is 3.33. The minimum Gasteiger partial charge on any atom is -0.508 e. The number of rotatable bonds is 2. The number of hydrogen-bond acceptors (Lipinski definition) is 3. The monoisotopic (exact) mass is 192 g/mol. The van der Waals surface area contributed by atoms with Gasteiger partial charge in [0, 0.05) is 17.5 Å². The van der Waals surface area contributed by atoms with Gasteiger partial charge in [-0.05, 0) is 18.6 Å². The van der Waals surface area contributed by atoms with Crippen molar-refractivity contribution in [2.24, 2.45) is 0 Å². The van der Waals surface area contributed by atoms with Crippen molar-refractivity contribution in [1.82, 2.24) is 0 Å². The van der Waals surface area contributed by atoms with Crippen molar-refractivity contribution in [3.63, 3.8) is 0 Å². The highest BCUT2D eigenvalue weighted by atomic mass is 16.5. The summed E-state index contributed by atoms with van der Waals surface area (Å²) in [7, 11) is 0. The van der Waals surface area contributed by atoms with Gasteiger partial charge in [0.05, 0.1) is 0 Å². The summed E-state index contributed by atoms with van der Waals surface area (Å²) in [6.45, 7) is 1.98. The fourth-order valence-electron chi connectivity index (χ4n) is 1.87. The van der Waals surface area contributed by atoms with Crippen LogP contribution in [-0.2, 0) is 17.6 Å². The summed E-state index contributed by atoms with van der Waals surface area (Å²) in [5.74, 6) is 1.03. The van der Waals surface area contributed by atoms with Gasteiger partial charge < -0.3 is 9.84 Å². The molecule has 3 heteroatoms. The zero-order valence-electron chi connectivity index (χ0n) is 7.99. The SMILES string of the molecule is CCc1c(O)ccc2c1CC(C=O)O2. The topological polar surface area (TPSA) is 46.5 Å². The summed E-state index contributed by atoms with van der Waals surface area (Å²) in [4.78, 5) is 10.6. The molecule has 1 N–H and O–H groups in total. The molecule has 1 aromatic rings. The third kappa shape index (κ3) is 1.25. The van der Waals surface area contributed by atoms with E-state index in [-0.39, 0.29) is 6.10 Å². The number of phenols is 1. The lowest BCUT2D eigenvalue weighted by Gasteiger charge is -2.06. The largest absolute Gasteiger partial charge is 0.508 e. The highest BCUT2D eigenvalue weighted by Crippen LogP contribution is 2.35. The van der Waals surface area contributed by atoms with E-state index < -0.39 is 0 Å². The van der Waals surface area contributed by atoms with Crippen molar-refractivity contribution in [1.29, 1.82) is 0 Å². The number of hydrogen-bond donors (Lipinski definition) is 1. The third-order valence-electron chi connectivity index (χ3n) is 2.55. The van der Waals surface area contributed by atoms with E-state index in [1.165, 1.54) is 0 Å². The van der Waals surface area contributed by atoms with E-state index in [0.29, 0.717) is 12.2 Å². The van der Waals surface area contributed by atoms with Crippen LogP contribution in [0.15, 0.2) is 12.1 Å². The molecule has 1 atom stereocenters. The summed E-state index contributed by atoms with van der Waals surface area (Å²) in [5.41, 5.74) is 1.87. The number of carbonyl (C=O) groups is 1. The number of aromatic hydroxyl groups is 1. The van der Waals surface area contributed by atoms with Gasteiger partial charge in [0.15, 0.2) is 12.4 Å². The molecule has 0 aliphatic carbocycles. The molecule has 1 heterocycles. The average Bonchev–Trinajstić information content (AvgIpc) is 2.60. The third-order valence-corrected chi connectivity index (χ3v) is 2.55. The second-order valence-electron chi connectivity index (χ2n) is 3.39. The Bertz CT molecular complexity index is 371. The molecule has 3 nitrogen and oxygen atoms in total. The van der Waals surface area contributed by atoms with Gasteiger partial charge in [0.1, 0.15) is 11.5 Å². The summed E-state index contributed by atoms with van der Waals surface area (Å²) in [5, 5.41) is 9.59. The highest BCUT2D eigenvalue weighted by molar-refractivity contribution is 5.63. The molecule has 0 amide bonds. The van der Waals surface area contributed by atoms with Gasteiger partial charge in [-0.1, -0.05) is 6.92 Å². The molecule has 1 aromatic carbocycles. The Balaban J connectivity index is 2.46. The standard InChI is InChI=1S/C11H12O3/c1-2-8-9-5-7(6-12)14-11(9)4-3-10(8)13/h3-4,6-7,13H,2,5H2,1H3. The maximum Gasteiger partial charge on any atom is 0.160 e. The van der Waals surface area contributed by atoms with Crippen LogP contribution in [0.3, 0.4) is 0 Å². The van der Waals surface area contributed by atoms with Crippen molar-refractivity contribution in [2.75, 3.05) is 0 Å². The lowest BCUT2D eigenvalue weighted by molar-refractivity contribution is -0.113. The number of carbonyl (C=O) groups excluding carboxylic acids is 1. The maximum atomic E-state index is 10.6. The minimum atomic E-state index is -0.378. The zero-order valence-corrected chi connectivity index (χ0v) is 7.99. The van der Waals surface area contributed by atoms with Gasteiger partial charge in [-0.15, -0.1) is 0 Å². The van der Waals surface area contributed by atoms with Gasteiger partial charge in [-0.2, -0.15) is 0 Å². The fraction of sp³-hybridized carbons (Fsp3) is 0.364. The maximum absolute atomic E-state index is 10.6. The molecule has 14 heavy (non-hydrogen) atoms. The van der Waals surface area contributed by atoms with Crippen molar-refractivity contribution in [3.05, 3.63) is 23.3 Å². The Morgan fingerprint density at radius 2 is 2.43 bits per heavy atom. The molecule has 1 aliphatic heterocycles. The molecule has 2 rings (SSSR count). The summed E-state index contributed by atoms with van der Waals surface area (Å²) in [6.07, 6.45) is 1.76. The van der Waals surface area contributed by atoms with Crippen molar-refractivity contribution < 1.29 is 14.6 Å². The van der Waals surface area contributed by atoms with Gasteiger partial charge in [-0.25, -0.2) is 0 Å². The van der Waals surface area contributed by atoms with Crippen LogP contribution in [0.5, 0.6) is 11.5 Å². The van der Waals surface area contributed by atoms with Crippen LogP contribution in [-0.4, -0.2) is 17.5 Å². The molecule has 0 saturated heterocycles. The van der Waals surface area contributed by atoms with E-state index >= 15 is 0 Å². The predicted molar refractivity (Wildman–Crippen MR) is 51.7 cm³/mol. The number of fused-ring (bicyclic) bond motifs is 1. The normalized spacial score (nSPS) is 18.8. The Morgan fingerprint density at radius 3 is 3.07 bits per heavy atom. The highest BCUT2D eigenvalue weighted by Gasteiger charge is 2.25. The second kappa shape index (κ2) is 3.33. The Labute approximate surface area is 82.3 Å². The van der Waals surface area contributed by atoms with E-state index in [1.807, 2.05) is 6.92 Å². The number of benzene rings is 1. The minimum absolute atomic E-state index is 0.293. The van der Waals surface area contributed by atoms with Gasteiger partial charge in [0.2, 0.25) is 0 Å². The lowest BCUT2D eigenvalue weighted by Crippen LogP contribution is -2.13. The molecule has 0 spiro atoms. The van der Waals surface area contributed by atoms with Crippen LogP contribution >= 0.6 is 0 Å². The first-order chi connectivity index (χ1) is 6.76. The van der Waals surface area contributed by atoms with E-state index in [4.69, 9.17) is 4.74 Å². The summed E-state index contributed by atoms with van der Waals surface area (Å²) < 4.78 is 5.37. The van der Waals surface area contributed by atoms with E-state index in [9.17, 15) is 9.90 Å². The van der Waals surface area contributed by atoms with Gasteiger partial charge in [0.25, 0.3) is 0 Å². The quantitative estimate of drug-likeness (QED) is 0.721. The number of phenolic OH excluding ortho intramolecular Hbond substituents is 1. The van der Waals surface area contributed by atoms with Crippen LogP contribution in [0.25, 0.3) is 0 Å². The Kier molecular flexibility index (Phi) is 2.15. The first-order valence-electron chi connectivity index (χ1n) is 4.72.